The Bertz CT molecular complexity index is 305. The van der Waals surface area contributed by atoms with Crippen molar-refractivity contribution in [3.8, 4) is 0 Å². The molecule has 1 aromatic rings. The monoisotopic (exact) mass is 226 g/mol. The zero-order chi connectivity index (χ0) is 10.7. The molecule has 1 aliphatic rings. The number of aromatic nitrogens is 1. The van der Waals surface area contributed by atoms with Crippen molar-refractivity contribution in [2.24, 2.45) is 5.73 Å². The molecular formula is C11H18N2OS. The number of hydrogen-bond donors (Lipinski definition) is 1. The maximum absolute atomic E-state index is 5.74. The molecule has 1 aliphatic heterocycles. The second-order valence-electron chi connectivity index (χ2n) is 4.25. The van der Waals surface area contributed by atoms with Crippen molar-refractivity contribution in [2.75, 3.05) is 6.61 Å². The van der Waals surface area contributed by atoms with Crippen molar-refractivity contribution in [3.63, 3.8) is 0 Å². The SMILES string of the molecule is CC(N)Cc1csc(CC2CCCO2)n1. The lowest BCUT2D eigenvalue weighted by Gasteiger charge is -2.05. The van der Waals surface area contributed by atoms with Crippen LogP contribution in [0.15, 0.2) is 5.38 Å². The Morgan fingerprint density at radius 1 is 1.73 bits per heavy atom. The number of nitrogens with two attached hydrogens (primary N) is 1. The largest absolute Gasteiger partial charge is 0.378 e. The maximum atomic E-state index is 5.74. The fourth-order valence-electron chi connectivity index (χ4n) is 1.87. The average Bonchev–Trinajstić information content (AvgIpc) is 2.77. The van der Waals surface area contributed by atoms with Crippen LogP contribution in [0, 0.1) is 0 Å². The van der Waals surface area contributed by atoms with Gasteiger partial charge >= 0.3 is 0 Å². The predicted molar refractivity (Wildman–Crippen MR) is 62.1 cm³/mol. The molecule has 0 amide bonds. The number of ether oxygens (including phenoxy) is 1. The van der Waals surface area contributed by atoms with E-state index in [4.69, 9.17) is 10.5 Å². The van der Waals surface area contributed by atoms with Crippen LogP contribution in [-0.4, -0.2) is 23.7 Å². The first-order chi connectivity index (χ1) is 7.24. The van der Waals surface area contributed by atoms with E-state index in [9.17, 15) is 0 Å². The summed E-state index contributed by atoms with van der Waals surface area (Å²) in [6.45, 7) is 2.93. The average molecular weight is 226 g/mol. The third kappa shape index (κ3) is 3.26. The summed E-state index contributed by atoms with van der Waals surface area (Å²) in [5.41, 5.74) is 6.86. The highest BCUT2D eigenvalue weighted by Crippen LogP contribution is 2.19. The van der Waals surface area contributed by atoms with E-state index in [2.05, 4.69) is 10.4 Å². The van der Waals surface area contributed by atoms with Crippen molar-refractivity contribution in [1.82, 2.24) is 4.98 Å². The third-order valence-electron chi connectivity index (χ3n) is 2.56. The highest BCUT2D eigenvalue weighted by atomic mass is 32.1. The molecule has 1 fully saturated rings. The molecule has 2 atom stereocenters. The first-order valence-corrected chi connectivity index (χ1v) is 6.42. The Morgan fingerprint density at radius 3 is 3.27 bits per heavy atom. The minimum atomic E-state index is 0.197. The quantitative estimate of drug-likeness (QED) is 0.851. The Labute approximate surface area is 94.7 Å². The van der Waals surface area contributed by atoms with E-state index in [1.165, 1.54) is 17.8 Å². The van der Waals surface area contributed by atoms with Gasteiger partial charge in [0.1, 0.15) is 0 Å². The molecule has 2 heterocycles. The summed E-state index contributed by atoms with van der Waals surface area (Å²) in [7, 11) is 0. The van der Waals surface area contributed by atoms with Gasteiger partial charge in [-0.1, -0.05) is 0 Å². The fraction of sp³-hybridized carbons (Fsp3) is 0.727. The van der Waals surface area contributed by atoms with Crippen LogP contribution < -0.4 is 5.73 Å². The summed E-state index contributed by atoms with van der Waals surface area (Å²) >= 11 is 1.73. The van der Waals surface area contributed by atoms with Gasteiger partial charge in [0.05, 0.1) is 16.8 Å². The van der Waals surface area contributed by atoms with Crippen molar-refractivity contribution < 1.29 is 4.74 Å². The topological polar surface area (TPSA) is 48.1 Å². The van der Waals surface area contributed by atoms with Gasteiger partial charge in [0.25, 0.3) is 0 Å². The van der Waals surface area contributed by atoms with Crippen LogP contribution in [0.4, 0.5) is 0 Å². The summed E-state index contributed by atoms with van der Waals surface area (Å²) < 4.78 is 5.59. The van der Waals surface area contributed by atoms with Gasteiger partial charge < -0.3 is 10.5 Å². The zero-order valence-corrected chi connectivity index (χ0v) is 9.93. The number of thiazole rings is 1. The Balaban J connectivity index is 1.88. The summed E-state index contributed by atoms with van der Waals surface area (Å²) in [5, 5.41) is 3.31. The van der Waals surface area contributed by atoms with Crippen LogP contribution in [0.2, 0.25) is 0 Å². The predicted octanol–water partition coefficient (Wildman–Crippen LogP) is 1.75. The third-order valence-corrected chi connectivity index (χ3v) is 3.48. The van der Waals surface area contributed by atoms with Crippen LogP contribution >= 0.6 is 11.3 Å². The number of nitrogens with zero attached hydrogens (tertiary/aromatic N) is 1. The van der Waals surface area contributed by atoms with Crippen LogP contribution in [0.1, 0.15) is 30.5 Å². The van der Waals surface area contributed by atoms with E-state index >= 15 is 0 Å². The first kappa shape index (κ1) is 11.0. The van der Waals surface area contributed by atoms with Gasteiger partial charge in [-0.2, -0.15) is 0 Å². The Kier molecular flexibility index (Phi) is 3.72. The molecule has 2 rings (SSSR count). The standard InChI is InChI=1S/C11H18N2OS/c1-8(12)5-9-7-15-11(13-9)6-10-3-2-4-14-10/h7-8,10H,2-6,12H2,1H3. The maximum Gasteiger partial charge on any atom is 0.0954 e. The summed E-state index contributed by atoms with van der Waals surface area (Å²) in [5.74, 6) is 0. The van der Waals surface area contributed by atoms with Gasteiger partial charge in [-0.3, -0.25) is 0 Å². The summed E-state index contributed by atoms with van der Waals surface area (Å²) in [4.78, 5) is 4.57. The lowest BCUT2D eigenvalue weighted by molar-refractivity contribution is 0.111. The highest BCUT2D eigenvalue weighted by molar-refractivity contribution is 7.09. The molecule has 0 spiro atoms. The van der Waals surface area contributed by atoms with Gasteiger partial charge in [-0.25, -0.2) is 4.98 Å². The molecule has 4 heteroatoms. The van der Waals surface area contributed by atoms with E-state index in [1.54, 1.807) is 11.3 Å². The number of rotatable bonds is 4. The van der Waals surface area contributed by atoms with Crippen molar-refractivity contribution in [1.29, 1.82) is 0 Å². The highest BCUT2D eigenvalue weighted by Gasteiger charge is 2.17. The van der Waals surface area contributed by atoms with Gasteiger partial charge in [0.15, 0.2) is 0 Å². The van der Waals surface area contributed by atoms with Crippen LogP contribution in [0.5, 0.6) is 0 Å². The zero-order valence-electron chi connectivity index (χ0n) is 9.11. The van der Waals surface area contributed by atoms with Crippen molar-refractivity contribution in [3.05, 3.63) is 16.1 Å². The second-order valence-corrected chi connectivity index (χ2v) is 5.20. The second kappa shape index (κ2) is 5.05. The van der Waals surface area contributed by atoms with E-state index in [0.717, 1.165) is 25.1 Å². The molecule has 15 heavy (non-hydrogen) atoms. The normalized spacial score (nSPS) is 23.2. The van der Waals surface area contributed by atoms with Crippen LogP contribution in [-0.2, 0) is 17.6 Å². The van der Waals surface area contributed by atoms with E-state index < -0.39 is 0 Å². The molecule has 0 aromatic carbocycles. The molecule has 0 radical (unpaired) electrons. The van der Waals surface area contributed by atoms with Gasteiger partial charge in [0, 0.05) is 30.9 Å². The van der Waals surface area contributed by atoms with Gasteiger partial charge in [-0.05, 0) is 19.8 Å². The molecule has 0 aliphatic carbocycles. The van der Waals surface area contributed by atoms with E-state index in [-0.39, 0.29) is 6.04 Å². The molecule has 2 N–H and O–H groups in total. The Hall–Kier alpha value is -0.450. The van der Waals surface area contributed by atoms with E-state index in [0.29, 0.717) is 6.10 Å². The molecular weight excluding hydrogens is 208 g/mol. The lowest BCUT2D eigenvalue weighted by Crippen LogP contribution is -2.18. The lowest BCUT2D eigenvalue weighted by atomic mass is 10.2. The molecule has 0 saturated carbocycles. The van der Waals surface area contributed by atoms with Crippen LogP contribution in [0.3, 0.4) is 0 Å². The molecule has 3 nitrogen and oxygen atoms in total. The minimum Gasteiger partial charge on any atom is -0.378 e. The first-order valence-electron chi connectivity index (χ1n) is 5.54. The minimum absolute atomic E-state index is 0.197. The summed E-state index contributed by atoms with van der Waals surface area (Å²) in [6.07, 6.45) is 4.63. The Morgan fingerprint density at radius 2 is 2.60 bits per heavy atom. The van der Waals surface area contributed by atoms with Crippen molar-refractivity contribution in [2.45, 2.75) is 44.8 Å². The smallest absolute Gasteiger partial charge is 0.0954 e. The van der Waals surface area contributed by atoms with Gasteiger partial charge in [-0.15, -0.1) is 11.3 Å². The molecule has 84 valence electrons. The molecule has 1 aromatic heterocycles. The number of hydrogen-bond acceptors (Lipinski definition) is 4. The molecule has 0 bridgehead atoms. The van der Waals surface area contributed by atoms with Gasteiger partial charge in [0.2, 0.25) is 0 Å². The van der Waals surface area contributed by atoms with E-state index in [1.807, 2.05) is 6.92 Å². The van der Waals surface area contributed by atoms with Crippen molar-refractivity contribution >= 4 is 11.3 Å². The van der Waals surface area contributed by atoms with Crippen LogP contribution in [0.25, 0.3) is 0 Å². The molecule has 2 unspecified atom stereocenters. The summed E-state index contributed by atoms with van der Waals surface area (Å²) in [6, 6.07) is 0.197. The fourth-order valence-corrected chi connectivity index (χ4v) is 2.74. The molecule has 1 saturated heterocycles.